The summed E-state index contributed by atoms with van der Waals surface area (Å²) in [6, 6.07) is -0.607. The van der Waals surface area contributed by atoms with Crippen LogP contribution in [0.5, 0.6) is 0 Å². The lowest BCUT2D eigenvalue weighted by molar-refractivity contribution is -0.149. The van der Waals surface area contributed by atoms with Crippen LogP contribution in [0.4, 0.5) is 17.6 Å². The van der Waals surface area contributed by atoms with Gasteiger partial charge in [-0.25, -0.2) is 8.78 Å². The zero-order valence-corrected chi connectivity index (χ0v) is 13.6. The lowest BCUT2D eigenvalue weighted by Crippen LogP contribution is -2.56. The number of nitrogens with zero attached hydrogens (tertiary/aromatic N) is 2. The molecule has 0 saturated carbocycles. The molecular formula is C13H24ClF4N3O. The zero-order valence-electron chi connectivity index (χ0n) is 12.8. The first-order valence-electron chi connectivity index (χ1n) is 7.11. The maximum Gasteiger partial charge on any atom is 0.319 e. The molecule has 1 amide bonds. The number of hydrogen-bond acceptors (Lipinski definition) is 3. The average molecular weight is 350 g/mol. The van der Waals surface area contributed by atoms with Gasteiger partial charge in [0.2, 0.25) is 5.91 Å². The van der Waals surface area contributed by atoms with Crippen molar-refractivity contribution in [3.63, 3.8) is 0 Å². The van der Waals surface area contributed by atoms with Gasteiger partial charge in [0.1, 0.15) is 0 Å². The predicted octanol–water partition coefficient (Wildman–Crippen LogP) is 1.83. The topological polar surface area (TPSA) is 49.6 Å². The number of halogens is 5. The Morgan fingerprint density at radius 2 is 1.73 bits per heavy atom. The molecule has 1 aliphatic rings. The molecule has 0 bridgehead atoms. The van der Waals surface area contributed by atoms with E-state index >= 15 is 0 Å². The number of amides is 1. The summed E-state index contributed by atoms with van der Waals surface area (Å²) in [5, 5.41) is 0. The molecule has 1 heterocycles. The first kappa shape index (κ1) is 21.4. The molecular weight excluding hydrogens is 326 g/mol. The van der Waals surface area contributed by atoms with Crippen LogP contribution in [0.3, 0.4) is 0 Å². The molecule has 4 nitrogen and oxygen atoms in total. The Labute approximate surface area is 134 Å². The first-order chi connectivity index (χ1) is 9.69. The standard InChI is InChI=1S/C13H23F4N3O.ClH/c1-3-9(2)10(18)11(21)20-6-4-19(5-7-20)8-13(16,17)12(14)15;/h9-10,12H,3-8,18H2,1-2H3;1H. The van der Waals surface area contributed by atoms with Crippen LogP contribution in [-0.4, -0.2) is 66.8 Å². The number of carbonyl (C=O) groups excluding carboxylic acids is 1. The molecule has 9 heteroatoms. The largest absolute Gasteiger partial charge is 0.339 e. The van der Waals surface area contributed by atoms with E-state index in [0.717, 1.165) is 6.42 Å². The molecule has 0 aromatic rings. The van der Waals surface area contributed by atoms with E-state index in [0.29, 0.717) is 0 Å². The SMILES string of the molecule is CCC(C)C(N)C(=O)N1CCN(CC(F)(F)C(F)F)CC1.Cl. The van der Waals surface area contributed by atoms with Gasteiger partial charge in [-0.05, 0) is 5.92 Å². The van der Waals surface area contributed by atoms with E-state index in [2.05, 4.69) is 0 Å². The van der Waals surface area contributed by atoms with Crippen molar-refractivity contribution in [2.24, 2.45) is 11.7 Å². The monoisotopic (exact) mass is 349 g/mol. The fourth-order valence-electron chi connectivity index (χ4n) is 2.20. The lowest BCUT2D eigenvalue weighted by Gasteiger charge is -2.37. The highest BCUT2D eigenvalue weighted by Gasteiger charge is 2.43. The van der Waals surface area contributed by atoms with Crippen molar-refractivity contribution >= 4 is 18.3 Å². The van der Waals surface area contributed by atoms with E-state index in [4.69, 9.17) is 5.73 Å². The summed E-state index contributed by atoms with van der Waals surface area (Å²) in [7, 11) is 0. The molecule has 0 aliphatic carbocycles. The summed E-state index contributed by atoms with van der Waals surface area (Å²) in [5.74, 6) is -4.18. The Kier molecular flexibility index (Phi) is 8.64. The molecule has 132 valence electrons. The summed E-state index contributed by atoms with van der Waals surface area (Å²) in [5.41, 5.74) is 5.85. The minimum absolute atomic E-state index is 0. The molecule has 0 aromatic heterocycles. The van der Waals surface area contributed by atoms with Gasteiger partial charge >= 0.3 is 12.3 Å². The van der Waals surface area contributed by atoms with Crippen LogP contribution < -0.4 is 5.73 Å². The fourth-order valence-corrected chi connectivity index (χ4v) is 2.20. The van der Waals surface area contributed by atoms with Crippen LogP contribution in [0.1, 0.15) is 20.3 Å². The Hall–Kier alpha value is -0.600. The highest BCUT2D eigenvalue weighted by atomic mass is 35.5. The van der Waals surface area contributed by atoms with Crippen molar-refractivity contribution in [1.29, 1.82) is 0 Å². The highest BCUT2D eigenvalue weighted by Crippen LogP contribution is 2.24. The van der Waals surface area contributed by atoms with Crippen molar-refractivity contribution in [2.75, 3.05) is 32.7 Å². The van der Waals surface area contributed by atoms with E-state index in [-0.39, 0.29) is 50.4 Å². The molecule has 1 fully saturated rings. The van der Waals surface area contributed by atoms with Gasteiger partial charge < -0.3 is 10.6 Å². The second-order valence-electron chi connectivity index (χ2n) is 5.57. The zero-order chi connectivity index (χ0) is 16.2. The van der Waals surface area contributed by atoms with Crippen LogP contribution in [0, 0.1) is 5.92 Å². The van der Waals surface area contributed by atoms with Gasteiger partial charge in [-0.2, -0.15) is 8.78 Å². The summed E-state index contributed by atoms with van der Waals surface area (Å²) in [6.45, 7) is 3.61. The van der Waals surface area contributed by atoms with Crippen molar-refractivity contribution < 1.29 is 22.4 Å². The molecule has 0 aromatic carbocycles. The van der Waals surface area contributed by atoms with Gasteiger partial charge in [-0.1, -0.05) is 20.3 Å². The number of rotatable bonds is 6. The molecule has 2 atom stereocenters. The van der Waals surface area contributed by atoms with Crippen LogP contribution in [0.25, 0.3) is 0 Å². The van der Waals surface area contributed by atoms with E-state index in [9.17, 15) is 22.4 Å². The Bertz CT molecular complexity index is 352. The van der Waals surface area contributed by atoms with Crippen molar-refractivity contribution in [2.45, 2.75) is 38.7 Å². The van der Waals surface area contributed by atoms with E-state index in [1.165, 1.54) is 9.80 Å². The molecule has 0 radical (unpaired) electrons. The van der Waals surface area contributed by atoms with E-state index in [1.807, 2.05) is 13.8 Å². The molecule has 1 saturated heterocycles. The number of piperazine rings is 1. The molecule has 2 N–H and O–H groups in total. The van der Waals surface area contributed by atoms with Crippen LogP contribution >= 0.6 is 12.4 Å². The predicted molar refractivity (Wildman–Crippen MR) is 78.6 cm³/mol. The molecule has 1 rings (SSSR count). The third-order valence-corrected chi connectivity index (χ3v) is 3.98. The second kappa shape index (κ2) is 8.88. The Balaban J connectivity index is 0.00000441. The minimum Gasteiger partial charge on any atom is -0.339 e. The molecule has 1 aliphatic heterocycles. The quantitative estimate of drug-likeness (QED) is 0.744. The minimum atomic E-state index is -4.01. The molecule has 0 spiro atoms. The summed E-state index contributed by atoms with van der Waals surface area (Å²) >= 11 is 0. The van der Waals surface area contributed by atoms with Crippen molar-refractivity contribution in [3.8, 4) is 0 Å². The average Bonchev–Trinajstić information content (AvgIpc) is 2.45. The lowest BCUT2D eigenvalue weighted by atomic mass is 9.98. The number of nitrogens with two attached hydrogens (primary N) is 1. The maximum absolute atomic E-state index is 13.0. The van der Waals surface area contributed by atoms with Gasteiger partial charge in [0.05, 0.1) is 12.6 Å². The Morgan fingerprint density at radius 1 is 1.23 bits per heavy atom. The second-order valence-corrected chi connectivity index (χ2v) is 5.57. The summed E-state index contributed by atoms with van der Waals surface area (Å²) in [6.07, 6.45) is -2.90. The Morgan fingerprint density at radius 3 is 2.14 bits per heavy atom. The molecule has 2 unspecified atom stereocenters. The fraction of sp³-hybridized carbons (Fsp3) is 0.923. The van der Waals surface area contributed by atoms with Gasteiger partial charge in [0, 0.05) is 26.2 Å². The van der Waals surface area contributed by atoms with Crippen LogP contribution in [-0.2, 0) is 4.79 Å². The van der Waals surface area contributed by atoms with Gasteiger partial charge in [0.15, 0.2) is 0 Å². The van der Waals surface area contributed by atoms with Crippen LogP contribution in [0.2, 0.25) is 0 Å². The summed E-state index contributed by atoms with van der Waals surface area (Å²) < 4.78 is 50.2. The highest BCUT2D eigenvalue weighted by molar-refractivity contribution is 5.85. The molecule has 22 heavy (non-hydrogen) atoms. The van der Waals surface area contributed by atoms with Crippen molar-refractivity contribution in [1.82, 2.24) is 9.80 Å². The number of carbonyl (C=O) groups is 1. The van der Waals surface area contributed by atoms with Gasteiger partial charge in [0.25, 0.3) is 0 Å². The third-order valence-electron chi connectivity index (χ3n) is 3.98. The van der Waals surface area contributed by atoms with Crippen molar-refractivity contribution in [3.05, 3.63) is 0 Å². The smallest absolute Gasteiger partial charge is 0.319 e. The van der Waals surface area contributed by atoms with E-state index in [1.54, 1.807) is 0 Å². The van der Waals surface area contributed by atoms with Crippen LogP contribution in [0.15, 0.2) is 0 Å². The normalized spacial score (nSPS) is 19.7. The first-order valence-corrected chi connectivity index (χ1v) is 7.11. The van der Waals surface area contributed by atoms with Gasteiger partial charge in [-0.15, -0.1) is 12.4 Å². The van der Waals surface area contributed by atoms with Gasteiger partial charge in [-0.3, -0.25) is 9.69 Å². The summed E-state index contributed by atoms with van der Waals surface area (Å²) in [4.78, 5) is 14.9. The third kappa shape index (κ3) is 5.55. The van der Waals surface area contributed by atoms with E-state index < -0.39 is 24.9 Å². The maximum atomic E-state index is 13.0. The number of hydrogen-bond donors (Lipinski definition) is 1. The number of alkyl halides is 4.